The van der Waals surface area contributed by atoms with Crippen LogP contribution < -0.4 is 4.74 Å². The van der Waals surface area contributed by atoms with E-state index in [1.165, 1.54) is 0 Å². The average molecular weight is 239 g/mol. The molecule has 4 heteroatoms. The van der Waals surface area contributed by atoms with Crippen molar-refractivity contribution in [3.05, 3.63) is 29.8 Å². The van der Waals surface area contributed by atoms with Crippen molar-refractivity contribution in [2.24, 2.45) is 4.40 Å². The molecule has 0 bridgehead atoms. The predicted molar refractivity (Wildman–Crippen MR) is 68.5 cm³/mol. The van der Waals surface area contributed by atoms with Crippen LogP contribution in [0.25, 0.3) is 0 Å². The number of methoxy groups -OCH3 is 1. The van der Waals surface area contributed by atoms with Gasteiger partial charge < -0.3 is 4.74 Å². The molecule has 88 valence electrons. The number of hydrogen-bond donors (Lipinski definition) is 0. The van der Waals surface area contributed by atoms with E-state index in [9.17, 15) is 4.21 Å². The smallest absolute Gasteiger partial charge is 0.144 e. The molecule has 1 aromatic carbocycles. The van der Waals surface area contributed by atoms with Crippen molar-refractivity contribution < 1.29 is 8.95 Å². The van der Waals surface area contributed by atoms with Crippen LogP contribution in [0.5, 0.6) is 5.75 Å². The Morgan fingerprint density at radius 2 is 1.94 bits per heavy atom. The quantitative estimate of drug-likeness (QED) is 0.760. The minimum absolute atomic E-state index is 0.335. The molecule has 0 aliphatic heterocycles. The Bertz CT molecular complexity index is 408. The maximum Gasteiger partial charge on any atom is 0.144 e. The maximum absolute atomic E-state index is 11.7. The Balaban J connectivity index is 2.88. The van der Waals surface area contributed by atoms with E-state index in [0.717, 1.165) is 11.3 Å². The van der Waals surface area contributed by atoms with Gasteiger partial charge in [0.2, 0.25) is 0 Å². The van der Waals surface area contributed by atoms with Crippen molar-refractivity contribution in [2.45, 2.75) is 25.5 Å². The molecule has 3 nitrogen and oxygen atoms in total. The molecule has 0 N–H and O–H groups in total. The second-order valence-electron chi connectivity index (χ2n) is 4.34. The van der Waals surface area contributed by atoms with Crippen LogP contribution in [0.1, 0.15) is 26.3 Å². The summed E-state index contributed by atoms with van der Waals surface area (Å²) in [4.78, 5) is 0. The fourth-order valence-electron chi connectivity index (χ4n) is 1.04. The van der Waals surface area contributed by atoms with Crippen LogP contribution in [-0.2, 0) is 11.0 Å². The number of rotatable bonds is 3. The molecular formula is C12H17NO2S. The van der Waals surface area contributed by atoms with Crippen LogP contribution in [0.15, 0.2) is 28.7 Å². The van der Waals surface area contributed by atoms with Gasteiger partial charge >= 0.3 is 0 Å². The van der Waals surface area contributed by atoms with Crippen molar-refractivity contribution in [1.29, 1.82) is 0 Å². The summed E-state index contributed by atoms with van der Waals surface area (Å²) >= 11 is 0. The maximum atomic E-state index is 11.7. The van der Waals surface area contributed by atoms with Crippen LogP contribution >= 0.6 is 0 Å². The molecule has 1 aromatic rings. The Kier molecular flexibility index (Phi) is 4.24. The van der Waals surface area contributed by atoms with Gasteiger partial charge in [-0.15, -0.1) is 0 Å². The van der Waals surface area contributed by atoms with E-state index in [4.69, 9.17) is 4.74 Å². The summed E-state index contributed by atoms with van der Waals surface area (Å²) < 4.78 is 20.6. The van der Waals surface area contributed by atoms with Gasteiger partial charge in [-0.2, -0.15) is 4.40 Å². The molecule has 0 saturated heterocycles. The standard InChI is InChI=1S/C12H17NO2S/c1-12(2,3)16(14)13-9-10-7-5-6-8-11(10)15-4/h5-9H,1-4H3/t16-/m1/s1. The van der Waals surface area contributed by atoms with Crippen LogP contribution in [0, 0.1) is 0 Å². The minimum Gasteiger partial charge on any atom is -0.496 e. The molecule has 1 rings (SSSR count). The molecule has 0 fully saturated rings. The molecule has 0 radical (unpaired) electrons. The molecule has 0 amide bonds. The summed E-state index contributed by atoms with van der Waals surface area (Å²) in [5, 5.41) is 0. The highest BCUT2D eigenvalue weighted by Gasteiger charge is 2.18. The number of benzene rings is 1. The topological polar surface area (TPSA) is 38.7 Å². The lowest BCUT2D eigenvalue weighted by Gasteiger charge is -2.12. The van der Waals surface area contributed by atoms with E-state index in [2.05, 4.69) is 4.40 Å². The number of para-hydroxylation sites is 1. The summed E-state index contributed by atoms with van der Waals surface area (Å²) in [6.45, 7) is 5.67. The highest BCUT2D eigenvalue weighted by molar-refractivity contribution is 7.85. The summed E-state index contributed by atoms with van der Waals surface area (Å²) in [7, 11) is 0.370. The molecule has 0 unspecified atom stereocenters. The normalized spacial score (nSPS) is 14.0. The first-order chi connectivity index (χ1) is 7.45. The van der Waals surface area contributed by atoms with Crippen LogP contribution in [0.4, 0.5) is 0 Å². The highest BCUT2D eigenvalue weighted by Crippen LogP contribution is 2.16. The molecular weight excluding hydrogens is 222 g/mol. The highest BCUT2D eigenvalue weighted by atomic mass is 32.2. The van der Waals surface area contributed by atoms with E-state index >= 15 is 0 Å². The van der Waals surface area contributed by atoms with Crippen LogP contribution in [0.2, 0.25) is 0 Å². The molecule has 0 aromatic heterocycles. The van der Waals surface area contributed by atoms with Crippen molar-refractivity contribution in [1.82, 2.24) is 0 Å². The second-order valence-corrected chi connectivity index (χ2v) is 6.27. The fraction of sp³-hybridized carbons (Fsp3) is 0.417. The molecule has 16 heavy (non-hydrogen) atoms. The Morgan fingerprint density at radius 3 is 2.50 bits per heavy atom. The number of hydrogen-bond acceptors (Lipinski definition) is 2. The van der Waals surface area contributed by atoms with E-state index < -0.39 is 11.0 Å². The number of nitrogens with zero attached hydrogens (tertiary/aromatic N) is 1. The SMILES string of the molecule is COc1ccccc1C=N[S@](=O)C(C)(C)C. The first-order valence-corrected chi connectivity index (χ1v) is 6.15. The van der Waals surface area contributed by atoms with Gasteiger partial charge in [-0.1, -0.05) is 12.1 Å². The summed E-state index contributed by atoms with van der Waals surface area (Å²) in [6.07, 6.45) is 1.60. The molecule has 1 atom stereocenters. The predicted octanol–water partition coefficient (Wildman–Crippen LogP) is 2.58. The zero-order valence-electron chi connectivity index (χ0n) is 10.1. The third kappa shape index (κ3) is 3.45. The molecule has 0 saturated carbocycles. The van der Waals surface area contributed by atoms with Gasteiger partial charge in [0, 0.05) is 11.8 Å². The Morgan fingerprint density at radius 1 is 1.31 bits per heavy atom. The van der Waals surface area contributed by atoms with E-state index in [-0.39, 0.29) is 4.75 Å². The number of ether oxygens (including phenoxy) is 1. The largest absolute Gasteiger partial charge is 0.496 e. The van der Waals surface area contributed by atoms with Crippen LogP contribution in [0.3, 0.4) is 0 Å². The third-order valence-corrected chi connectivity index (χ3v) is 3.29. The lowest BCUT2D eigenvalue weighted by atomic mass is 10.2. The van der Waals surface area contributed by atoms with E-state index in [0.29, 0.717) is 0 Å². The average Bonchev–Trinajstić information content (AvgIpc) is 2.24. The zero-order valence-corrected chi connectivity index (χ0v) is 10.9. The molecule has 0 heterocycles. The third-order valence-electron chi connectivity index (χ3n) is 1.95. The monoisotopic (exact) mass is 239 g/mol. The summed E-state index contributed by atoms with van der Waals surface area (Å²) in [5.74, 6) is 0.733. The minimum atomic E-state index is -1.23. The van der Waals surface area contributed by atoms with E-state index in [1.807, 2.05) is 45.0 Å². The summed E-state index contributed by atoms with van der Waals surface area (Å²) in [5.41, 5.74) is 0.836. The second kappa shape index (κ2) is 5.25. The van der Waals surface area contributed by atoms with Crippen molar-refractivity contribution in [3.8, 4) is 5.75 Å². The van der Waals surface area contributed by atoms with Crippen molar-refractivity contribution >= 4 is 17.2 Å². The van der Waals surface area contributed by atoms with Crippen molar-refractivity contribution in [2.75, 3.05) is 7.11 Å². The summed E-state index contributed by atoms with van der Waals surface area (Å²) in [6, 6.07) is 7.50. The van der Waals surface area contributed by atoms with Gasteiger partial charge in [-0.25, -0.2) is 4.21 Å². The fourth-order valence-corrected chi connectivity index (χ4v) is 1.56. The van der Waals surface area contributed by atoms with Crippen LogP contribution in [-0.4, -0.2) is 22.3 Å². The van der Waals surface area contributed by atoms with Gasteiger partial charge in [0.1, 0.15) is 16.7 Å². The molecule has 0 aliphatic carbocycles. The molecule has 0 aliphatic rings. The van der Waals surface area contributed by atoms with Gasteiger partial charge in [0.15, 0.2) is 0 Å². The van der Waals surface area contributed by atoms with E-state index in [1.54, 1.807) is 13.3 Å². The first kappa shape index (κ1) is 12.9. The Hall–Kier alpha value is -1.16. The molecule has 0 spiro atoms. The van der Waals surface area contributed by atoms with Gasteiger partial charge in [0.25, 0.3) is 0 Å². The lowest BCUT2D eigenvalue weighted by Crippen LogP contribution is -2.19. The van der Waals surface area contributed by atoms with Crippen molar-refractivity contribution in [3.63, 3.8) is 0 Å². The Labute approximate surface area is 99.1 Å². The van der Waals surface area contributed by atoms with Gasteiger partial charge in [0.05, 0.1) is 11.9 Å². The van der Waals surface area contributed by atoms with Gasteiger partial charge in [-0.3, -0.25) is 0 Å². The first-order valence-electron chi connectivity index (χ1n) is 5.04. The zero-order chi connectivity index (χ0) is 12.2. The lowest BCUT2D eigenvalue weighted by molar-refractivity contribution is 0.414. The van der Waals surface area contributed by atoms with Gasteiger partial charge in [-0.05, 0) is 32.9 Å².